The molecule has 0 saturated carbocycles. The molecule has 0 aromatic heterocycles. The first kappa shape index (κ1) is 10.0. The normalized spacial score (nSPS) is 32.8. The quantitative estimate of drug-likeness (QED) is 0.705. The average Bonchev–Trinajstić information content (AvgIpc) is 2.19. The molecule has 76 valence electrons. The van der Waals surface area contributed by atoms with Crippen molar-refractivity contribution in [1.29, 1.82) is 0 Å². The van der Waals surface area contributed by atoms with Gasteiger partial charge in [-0.05, 0) is 0 Å². The molecule has 0 radical (unpaired) electrons. The van der Waals surface area contributed by atoms with Crippen LogP contribution in [-0.2, 0) is 11.2 Å². The molecule has 4 heteroatoms. The van der Waals surface area contributed by atoms with Crippen molar-refractivity contribution in [2.45, 2.75) is 19.4 Å². The fraction of sp³-hybridized carbons (Fsp3) is 0.400. The molecule has 0 amide bonds. The van der Waals surface area contributed by atoms with Gasteiger partial charge in [0.25, 0.3) is 0 Å². The first-order valence-corrected chi connectivity index (χ1v) is 7.93. The van der Waals surface area contributed by atoms with Gasteiger partial charge < -0.3 is 0 Å². The fourth-order valence-corrected chi connectivity index (χ4v) is 5.17. The van der Waals surface area contributed by atoms with Crippen LogP contribution in [0.3, 0.4) is 0 Å². The van der Waals surface area contributed by atoms with E-state index in [2.05, 4.69) is 0 Å². The summed E-state index contributed by atoms with van der Waals surface area (Å²) in [4.78, 5) is 0. The van der Waals surface area contributed by atoms with Gasteiger partial charge in [-0.1, -0.05) is 0 Å². The van der Waals surface area contributed by atoms with Gasteiger partial charge in [-0.2, -0.15) is 0 Å². The fourth-order valence-electron chi connectivity index (χ4n) is 1.40. The second-order valence-corrected chi connectivity index (χ2v) is 7.53. The summed E-state index contributed by atoms with van der Waals surface area (Å²) in [6.45, 7) is 2.46. The van der Waals surface area contributed by atoms with E-state index in [0.717, 1.165) is 6.42 Å². The first-order valence-electron chi connectivity index (χ1n) is 4.69. The molecule has 1 fully saturated rings. The summed E-state index contributed by atoms with van der Waals surface area (Å²) in [7, 11) is 0. The van der Waals surface area contributed by atoms with Crippen LogP contribution in [0.4, 0.5) is 0 Å². The maximum atomic E-state index is 12.3. The number of benzene rings is 1. The Hall–Kier alpha value is -0.502. The van der Waals surface area contributed by atoms with Crippen molar-refractivity contribution in [3.8, 4) is 0 Å². The summed E-state index contributed by atoms with van der Waals surface area (Å²) in [5.74, 6) is 0. The van der Waals surface area contributed by atoms with Crippen LogP contribution in [0.25, 0.3) is 0 Å². The van der Waals surface area contributed by atoms with Crippen molar-refractivity contribution in [2.24, 2.45) is 0 Å². The Labute approximate surface area is 86.4 Å². The summed E-state index contributed by atoms with van der Waals surface area (Å²) in [5.41, 5.74) is 0. The molecule has 1 heterocycles. The van der Waals surface area contributed by atoms with Gasteiger partial charge in [-0.25, -0.2) is 0 Å². The first-order chi connectivity index (χ1) is 6.71. The summed E-state index contributed by atoms with van der Waals surface area (Å²) < 4.78 is 23.7. The summed E-state index contributed by atoms with van der Waals surface area (Å²) >= 11 is -3.69. The second-order valence-electron chi connectivity index (χ2n) is 3.37. The van der Waals surface area contributed by atoms with E-state index in [-0.39, 0.29) is 6.10 Å². The predicted molar refractivity (Wildman–Crippen MR) is 53.6 cm³/mol. The molecule has 0 spiro atoms. The standard InChI is InChI=1S/C10H13AsO3/c1-9-7-8-13-11(12,14-9)10-5-3-2-4-6-10/h2-6,9H,7-8H2,1H3. The van der Waals surface area contributed by atoms with Crippen molar-refractivity contribution in [2.75, 3.05) is 6.61 Å². The molecule has 0 N–H and O–H groups in total. The van der Waals surface area contributed by atoms with Crippen molar-refractivity contribution in [3.05, 3.63) is 30.3 Å². The van der Waals surface area contributed by atoms with E-state index in [9.17, 15) is 3.74 Å². The molecule has 1 aliphatic rings. The molecule has 1 saturated heterocycles. The molecule has 2 rings (SSSR count). The van der Waals surface area contributed by atoms with Crippen LogP contribution in [0.2, 0.25) is 0 Å². The molecule has 1 aromatic rings. The Morgan fingerprint density at radius 3 is 2.71 bits per heavy atom. The van der Waals surface area contributed by atoms with Gasteiger partial charge in [-0.15, -0.1) is 0 Å². The van der Waals surface area contributed by atoms with E-state index in [1.165, 1.54) is 0 Å². The van der Waals surface area contributed by atoms with Gasteiger partial charge in [0.2, 0.25) is 0 Å². The molecule has 0 aliphatic carbocycles. The number of hydrogen-bond acceptors (Lipinski definition) is 3. The van der Waals surface area contributed by atoms with Crippen LogP contribution >= 0.6 is 0 Å². The summed E-state index contributed by atoms with van der Waals surface area (Å²) in [6.07, 6.45) is 0.854. The van der Waals surface area contributed by atoms with Crippen LogP contribution in [0, 0.1) is 0 Å². The second kappa shape index (κ2) is 3.93. The van der Waals surface area contributed by atoms with E-state index in [0.29, 0.717) is 11.0 Å². The number of rotatable bonds is 1. The van der Waals surface area contributed by atoms with Gasteiger partial charge in [-0.3, -0.25) is 0 Å². The third kappa shape index (κ3) is 1.95. The zero-order valence-electron chi connectivity index (χ0n) is 8.05. The van der Waals surface area contributed by atoms with E-state index in [1.807, 2.05) is 25.1 Å². The van der Waals surface area contributed by atoms with E-state index < -0.39 is 14.2 Å². The van der Waals surface area contributed by atoms with Crippen molar-refractivity contribution in [1.82, 2.24) is 0 Å². The molecular weight excluding hydrogens is 243 g/mol. The van der Waals surface area contributed by atoms with E-state index >= 15 is 0 Å². The average molecular weight is 256 g/mol. The molecular formula is C10H13AsO3. The van der Waals surface area contributed by atoms with Gasteiger partial charge in [0.15, 0.2) is 0 Å². The Balaban J connectivity index is 2.28. The van der Waals surface area contributed by atoms with Gasteiger partial charge in [0, 0.05) is 0 Å². The van der Waals surface area contributed by atoms with Crippen molar-refractivity contribution in [3.63, 3.8) is 0 Å². The minimum absolute atomic E-state index is 0.0361. The topological polar surface area (TPSA) is 35.5 Å². The molecule has 14 heavy (non-hydrogen) atoms. The third-order valence-electron chi connectivity index (χ3n) is 2.18. The Morgan fingerprint density at radius 2 is 2.07 bits per heavy atom. The molecule has 1 aliphatic heterocycles. The van der Waals surface area contributed by atoms with Crippen LogP contribution in [0.5, 0.6) is 0 Å². The van der Waals surface area contributed by atoms with Crippen LogP contribution in [-0.4, -0.2) is 26.9 Å². The zero-order chi connectivity index (χ0) is 10.0. The van der Waals surface area contributed by atoms with Gasteiger partial charge in [0.05, 0.1) is 0 Å². The third-order valence-corrected chi connectivity index (χ3v) is 6.56. The predicted octanol–water partition coefficient (Wildman–Crippen LogP) is 1.09. The van der Waals surface area contributed by atoms with Crippen molar-refractivity contribution < 1.29 is 11.2 Å². The number of hydrogen-bond donors (Lipinski definition) is 0. The monoisotopic (exact) mass is 256 g/mol. The van der Waals surface area contributed by atoms with Gasteiger partial charge in [0.1, 0.15) is 0 Å². The SMILES string of the molecule is CC1CCO[As](=O)(c2ccccc2)O1. The van der Waals surface area contributed by atoms with Crippen LogP contribution in [0.1, 0.15) is 13.3 Å². The molecule has 0 bridgehead atoms. The molecule has 3 nitrogen and oxygen atoms in total. The molecule has 2 atom stereocenters. The van der Waals surface area contributed by atoms with Gasteiger partial charge >= 0.3 is 86.1 Å². The zero-order valence-corrected chi connectivity index (χ0v) is 9.93. The van der Waals surface area contributed by atoms with Crippen LogP contribution < -0.4 is 4.35 Å². The van der Waals surface area contributed by atoms with Crippen molar-refractivity contribution >= 4 is 18.5 Å². The van der Waals surface area contributed by atoms with Crippen LogP contribution in [0.15, 0.2) is 30.3 Å². The minimum atomic E-state index is -3.69. The Morgan fingerprint density at radius 1 is 1.36 bits per heavy atom. The maximum absolute atomic E-state index is 12.3. The Kier molecular flexibility index (Phi) is 2.82. The Bertz CT molecular complexity index is 350. The van der Waals surface area contributed by atoms with E-state index in [4.69, 9.17) is 7.45 Å². The van der Waals surface area contributed by atoms with E-state index in [1.54, 1.807) is 12.1 Å². The molecule has 2 unspecified atom stereocenters. The summed E-state index contributed by atoms with van der Waals surface area (Å²) in [5, 5.41) is 0. The molecule has 1 aromatic carbocycles. The summed E-state index contributed by atoms with van der Waals surface area (Å²) in [6, 6.07) is 9.19.